The highest BCUT2D eigenvalue weighted by atomic mass is 28.3. The molecule has 2 unspecified atom stereocenters. The van der Waals surface area contributed by atoms with Crippen molar-refractivity contribution >= 4 is 20.2 Å². The molecule has 4 aromatic carbocycles. The number of hydrogen-bond acceptors (Lipinski definition) is 0. The Balaban J connectivity index is 1.27. The average molecular weight is 549 g/mol. The Morgan fingerprint density at radius 2 is 0.902 bits per heavy atom. The Labute approximate surface area is 246 Å². The zero-order valence-electron chi connectivity index (χ0n) is 24.9. The van der Waals surface area contributed by atoms with E-state index < -0.39 is 8.07 Å². The molecule has 2 fully saturated rings. The predicted molar refractivity (Wildman–Crippen MR) is 178 cm³/mol. The Morgan fingerprint density at radius 3 is 1.27 bits per heavy atom. The maximum absolute atomic E-state index is 2.73. The SMILES string of the molecule is Cc1ccc(-c2cccc3c2C=C(C2CC2)C3[Si](C)(C)C2C(C3CC3)=Cc3c(-c4ccc(C)cc4)cccc32)cc1. The van der Waals surface area contributed by atoms with E-state index in [4.69, 9.17) is 0 Å². The standard InChI is InChI=1S/C40H40Si/c1-25-11-15-27(16-12-25)31-7-5-9-33-37(31)23-35(29-19-20-29)39(33)41(3,4)40-34-10-6-8-32(28-17-13-26(2)14-18-28)38(34)24-36(40)30-21-22-30/h5-18,23-24,29-30,39-40H,19-22H2,1-4H3. The van der Waals surface area contributed by atoms with Gasteiger partial charge in [-0.25, -0.2) is 0 Å². The zero-order valence-corrected chi connectivity index (χ0v) is 25.9. The third kappa shape index (κ3) is 4.16. The second kappa shape index (κ2) is 9.29. The first kappa shape index (κ1) is 25.3. The van der Waals surface area contributed by atoms with Crippen LogP contribution < -0.4 is 0 Å². The predicted octanol–water partition coefficient (Wildman–Crippen LogP) is 10.9. The van der Waals surface area contributed by atoms with Crippen LogP contribution in [0.15, 0.2) is 96.1 Å². The van der Waals surface area contributed by atoms with E-state index in [0.717, 1.165) is 11.8 Å². The highest BCUT2D eigenvalue weighted by molar-refractivity contribution is 6.81. The summed E-state index contributed by atoms with van der Waals surface area (Å²) >= 11 is 0. The van der Waals surface area contributed by atoms with Crippen molar-refractivity contribution in [3.63, 3.8) is 0 Å². The minimum Gasteiger partial charge on any atom is -0.0679 e. The van der Waals surface area contributed by atoms with Crippen molar-refractivity contribution in [2.45, 2.75) is 63.7 Å². The molecule has 41 heavy (non-hydrogen) atoms. The summed E-state index contributed by atoms with van der Waals surface area (Å²) in [5.74, 6) is 1.55. The maximum atomic E-state index is 2.73. The highest BCUT2D eigenvalue weighted by Gasteiger charge is 2.52. The van der Waals surface area contributed by atoms with Crippen LogP contribution in [0.4, 0.5) is 0 Å². The molecule has 2 atom stereocenters. The lowest BCUT2D eigenvalue weighted by Crippen LogP contribution is -2.43. The Bertz CT molecular complexity index is 1590. The summed E-state index contributed by atoms with van der Waals surface area (Å²) in [6.45, 7) is 9.83. The van der Waals surface area contributed by atoms with Gasteiger partial charge in [-0.15, -0.1) is 0 Å². The molecule has 0 amide bonds. The molecule has 1 heteroatoms. The van der Waals surface area contributed by atoms with E-state index in [1.807, 2.05) is 0 Å². The van der Waals surface area contributed by atoms with Crippen LogP contribution in [0.3, 0.4) is 0 Å². The van der Waals surface area contributed by atoms with Crippen molar-refractivity contribution in [1.29, 1.82) is 0 Å². The Morgan fingerprint density at radius 1 is 0.512 bits per heavy atom. The Kier molecular flexibility index (Phi) is 5.74. The van der Waals surface area contributed by atoms with E-state index in [1.54, 1.807) is 22.3 Å². The molecule has 0 saturated heterocycles. The summed E-state index contributed by atoms with van der Waals surface area (Å²) < 4.78 is 0. The molecule has 0 aromatic heterocycles. The van der Waals surface area contributed by atoms with E-state index >= 15 is 0 Å². The van der Waals surface area contributed by atoms with Gasteiger partial charge in [0.25, 0.3) is 0 Å². The monoisotopic (exact) mass is 548 g/mol. The summed E-state index contributed by atoms with van der Waals surface area (Å²) in [5.41, 5.74) is 19.1. The summed E-state index contributed by atoms with van der Waals surface area (Å²) in [5, 5.41) is 0. The molecule has 0 heterocycles. The van der Waals surface area contributed by atoms with Gasteiger partial charge >= 0.3 is 0 Å². The average Bonchev–Trinajstić information content (AvgIpc) is 3.91. The van der Waals surface area contributed by atoms with E-state index in [9.17, 15) is 0 Å². The summed E-state index contributed by atoms with van der Waals surface area (Å²) in [4.78, 5) is 0. The third-order valence-electron chi connectivity index (χ3n) is 10.5. The minimum absolute atomic E-state index is 0.580. The second-order valence-electron chi connectivity index (χ2n) is 13.9. The molecular weight excluding hydrogens is 509 g/mol. The van der Waals surface area contributed by atoms with Gasteiger partial charge in [0.15, 0.2) is 0 Å². The number of allylic oxidation sites excluding steroid dienone is 2. The first-order valence-electron chi connectivity index (χ1n) is 15.7. The summed E-state index contributed by atoms with van der Waals surface area (Å²) in [6, 6.07) is 32.7. The van der Waals surface area contributed by atoms with Gasteiger partial charge in [-0.2, -0.15) is 0 Å². The smallest absolute Gasteiger partial charge is 0.0679 e. The van der Waals surface area contributed by atoms with Gasteiger partial charge in [0.2, 0.25) is 0 Å². The van der Waals surface area contributed by atoms with Crippen LogP contribution in [0.25, 0.3) is 34.4 Å². The number of benzene rings is 4. The molecular formula is C40H40Si. The summed E-state index contributed by atoms with van der Waals surface area (Å²) in [6.07, 6.45) is 10.8. The fraction of sp³-hybridized carbons (Fsp3) is 0.300. The fourth-order valence-corrected chi connectivity index (χ4v) is 13.0. The van der Waals surface area contributed by atoms with Crippen LogP contribution in [0.5, 0.6) is 0 Å². The molecule has 0 spiro atoms. The normalized spacial score (nSPS) is 21.4. The zero-order chi connectivity index (χ0) is 27.9. The molecule has 4 aromatic rings. The van der Waals surface area contributed by atoms with E-state index in [1.165, 1.54) is 70.2 Å². The van der Waals surface area contributed by atoms with Crippen LogP contribution in [0, 0.1) is 25.7 Å². The van der Waals surface area contributed by atoms with Crippen molar-refractivity contribution in [1.82, 2.24) is 0 Å². The molecule has 0 radical (unpaired) electrons. The van der Waals surface area contributed by atoms with Crippen LogP contribution in [-0.2, 0) is 0 Å². The van der Waals surface area contributed by atoms with Crippen LogP contribution in [0.1, 0.15) is 70.1 Å². The van der Waals surface area contributed by atoms with Gasteiger partial charge in [0.1, 0.15) is 0 Å². The van der Waals surface area contributed by atoms with E-state index in [2.05, 4.69) is 124 Å². The highest BCUT2D eigenvalue weighted by Crippen LogP contribution is 2.61. The molecule has 4 aliphatic carbocycles. The van der Waals surface area contributed by atoms with Crippen molar-refractivity contribution in [3.05, 3.63) is 129 Å². The molecule has 8 rings (SSSR count). The number of rotatable bonds is 6. The maximum Gasteiger partial charge on any atom is 0.0722 e. The van der Waals surface area contributed by atoms with Crippen LogP contribution in [0.2, 0.25) is 13.1 Å². The molecule has 0 aliphatic heterocycles. The van der Waals surface area contributed by atoms with Gasteiger partial charge < -0.3 is 0 Å². The topological polar surface area (TPSA) is 0 Å². The van der Waals surface area contributed by atoms with Gasteiger partial charge in [-0.05, 0) is 95.9 Å². The molecule has 0 bridgehead atoms. The minimum atomic E-state index is -1.91. The molecule has 204 valence electrons. The van der Waals surface area contributed by atoms with Crippen molar-refractivity contribution in [2.75, 3.05) is 0 Å². The number of aryl methyl sites for hydroxylation is 2. The van der Waals surface area contributed by atoms with Gasteiger partial charge in [0.05, 0.1) is 8.07 Å². The third-order valence-corrected chi connectivity index (χ3v) is 14.8. The first-order valence-corrected chi connectivity index (χ1v) is 18.9. The van der Waals surface area contributed by atoms with Crippen LogP contribution in [-0.4, -0.2) is 8.07 Å². The van der Waals surface area contributed by atoms with Gasteiger partial charge in [-0.1, -0.05) is 132 Å². The largest absolute Gasteiger partial charge is 0.0722 e. The summed E-state index contributed by atoms with van der Waals surface area (Å²) in [7, 11) is -1.91. The molecule has 2 saturated carbocycles. The molecule has 4 aliphatic rings. The fourth-order valence-electron chi connectivity index (χ4n) is 8.19. The number of fused-ring (bicyclic) bond motifs is 2. The van der Waals surface area contributed by atoms with Crippen molar-refractivity contribution < 1.29 is 0 Å². The van der Waals surface area contributed by atoms with E-state index in [-0.39, 0.29) is 0 Å². The van der Waals surface area contributed by atoms with Crippen molar-refractivity contribution in [3.8, 4) is 22.3 Å². The lowest BCUT2D eigenvalue weighted by molar-refractivity contribution is 0.851. The number of hydrogen-bond donors (Lipinski definition) is 0. The molecule has 0 N–H and O–H groups in total. The van der Waals surface area contributed by atoms with Crippen LogP contribution >= 0.6 is 0 Å². The lowest BCUT2D eigenvalue weighted by Gasteiger charge is -2.40. The van der Waals surface area contributed by atoms with E-state index in [0.29, 0.717) is 11.1 Å². The quantitative estimate of drug-likeness (QED) is 0.210. The van der Waals surface area contributed by atoms with Gasteiger partial charge in [-0.3, -0.25) is 0 Å². The lowest BCUT2D eigenvalue weighted by atomic mass is 9.96. The van der Waals surface area contributed by atoms with Crippen molar-refractivity contribution in [2.24, 2.45) is 11.8 Å². The van der Waals surface area contributed by atoms with Gasteiger partial charge in [0, 0.05) is 11.1 Å². The Hall–Kier alpha value is -3.42. The second-order valence-corrected chi connectivity index (χ2v) is 18.7. The molecule has 0 nitrogen and oxygen atoms in total. The first-order chi connectivity index (χ1) is 19.9.